The maximum atomic E-state index is 13.2. The number of carbonyl (C=O) groups excluding carboxylic acids is 2. The van der Waals surface area contributed by atoms with Crippen LogP contribution in [0.25, 0.3) is 0 Å². The quantitative estimate of drug-likeness (QED) is 0.395. The molecular weight excluding hydrogens is 534 g/mol. The van der Waals surface area contributed by atoms with Crippen LogP contribution in [0.4, 0.5) is 5.69 Å². The van der Waals surface area contributed by atoms with Gasteiger partial charge in [-0.3, -0.25) is 13.9 Å². The Kier molecular flexibility index (Phi) is 11.0. The van der Waals surface area contributed by atoms with E-state index in [0.717, 1.165) is 16.3 Å². The molecule has 2 amide bonds. The van der Waals surface area contributed by atoms with Crippen molar-refractivity contribution in [2.24, 2.45) is 0 Å². The van der Waals surface area contributed by atoms with Crippen LogP contribution >= 0.6 is 15.9 Å². The number of benzene rings is 2. The largest absolute Gasteiger partial charge is 0.492 e. The topological polar surface area (TPSA) is 96.0 Å². The fourth-order valence-electron chi connectivity index (χ4n) is 3.61. The fourth-order valence-corrected chi connectivity index (χ4v) is 4.85. The first-order valence-electron chi connectivity index (χ1n) is 11.6. The van der Waals surface area contributed by atoms with E-state index in [1.807, 2.05) is 38.1 Å². The second-order valence-corrected chi connectivity index (χ2v) is 10.9. The number of carbonyl (C=O) groups is 2. The monoisotopic (exact) mass is 567 g/mol. The summed E-state index contributed by atoms with van der Waals surface area (Å²) in [7, 11) is -3.61. The summed E-state index contributed by atoms with van der Waals surface area (Å²) in [5, 5.41) is 2.77. The number of rotatable bonds is 13. The summed E-state index contributed by atoms with van der Waals surface area (Å²) in [6.07, 6.45) is 1.50. The van der Waals surface area contributed by atoms with Crippen LogP contribution in [-0.4, -0.2) is 57.1 Å². The molecule has 1 N–H and O–H groups in total. The van der Waals surface area contributed by atoms with E-state index in [1.165, 1.54) is 9.21 Å². The highest BCUT2D eigenvalue weighted by Crippen LogP contribution is 2.30. The molecule has 0 fully saturated rings. The number of para-hydroxylation sites is 2. The van der Waals surface area contributed by atoms with E-state index in [2.05, 4.69) is 21.2 Å². The second kappa shape index (κ2) is 13.5. The van der Waals surface area contributed by atoms with Gasteiger partial charge in [0.25, 0.3) is 0 Å². The Bertz CT molecular complexity index is 1090. The van der Waals surface area contributed by atoms with Crippen LogP contribution in [0.15, 0.2) is 53.0 Å². The zero-order valence-electron chi connectivity index (χ0n) is 20.7. The lowest BCUT2D eigenvalue weighted by molar-refractivity contribution is -0.140. The van der Waals surface area contributed by atoms with Gasteiger partial charge in [0.15, 0.2) is 0 Å². The molecule has 0 radical (unpaired) electrons. The number of nitrogens with one attached hydrogen (secondary N) is 1. The minimum absolute atomic E-state index is 0.0864. The summed E-state index contributed by atoms with van der Waals surface area (Å²) in [5.41, 5.74) is 1.33. The Balaban J connectivity index is 2.18. The molecule has 2 aromatic carbocycles. The molecular formula is C25H34BrN3O5S. The number of likely N-dealkylation sites (N-methyl/N-ethyl adjacent to an activating group) is 1. The predicted octanol–water partition coefficient (Wildman–Crippen LogP) is 3.95. The van der Waals surface area contributed by atoms with E-state index >= 15 is 0 Å². The van der Waals surface area contributed by atoms with Crippen molar-refractivity contribution in [3.63, 3.8) is 0 Å². The van der Waals surface area contributed by atoms with Gasteiger partial charge < -0.3 is 15.0 Å². The summed E-state index contributed by atoms with van der Waals surface area (Å²) in [4.78, 5) is 27.3. The standard InChI is InChI=1S/C25H34BrN3O5S/c1-5-27-25(31)19(3)28(18-20-13-15-21(26)16-14-20)24(30)12-9-17-29(35(4,32)33)22-10-7-8-11-23(22)34-6-2/h7-8,10-11,13-16,19H,5-6,9,12,17-18H2,1-4H3,(H,27,31). The average molecular weight is 569 g/mol. The number of amides is 2. The average Bonchev–Trinajstić information content (AvgIpc) is 2.81. The van der Waals surface area contributed by atoms with Crippen LogP contribution in [-0.2, 0) is 26.2 Å². The molecule has 192 valence electrons. The Morgan fingerprint density at radius 2 is 1.74 bits per heavy atom. The molecule has 0 aliphatic carbocycles. The van der Waals surface area contributed by atoms with Crippen LogP contribution in [0.3, 0.4) is 0 Å². The first-order chi connectivity index (χ1) is 16.6. The molecule has 1 atom stereocenters. The minimum Gasteiger partial charge on any atom is -0.492 e. The third-order valence-electron chi connectivity index (χ3n) is 5.37. The van der Waals surface area contributed by atoms with Gasteiger partial charge in [0.2, 0.25) is 21.8 Å². The summed E-state index contributed by atoms with van der Waals surface area (Å²) < 4.78 is 32.9. The maximum Gasteiger partial charge on any atom is 0.242 e. The van der Waals surface area contributed by atoms with Crippen molar-refractivity contribution in [1.82, 2.24) is 10.2 Å². The number of hydrogen-bond donors (Lipinski definition) is 1. The van der Waals surface area contributed by atoms with Gasteiger partial charge in [-0.05, 0) is 57.0 Å². The van der Waals surface area contributed by atoms with E-state index < -0.39 is 16.1 Å². The first-order valence-corrected chi connectivity index (χ1v) is 14.2. The first kappa shape index (κ1) is 28.6. The van der Waals surface area contributed by atoms with Gasteiger partial charge in [-0.15, -0.1) is 0 Å². The van der Waals surface area contributed by atoms with E-state index in [0.29, 0.717) is 24.6 Å². The van der Waals surface area contributed by atoms with Gasteiger partial charge in [0, 0.05) is 30.5 Å². The SMILES string of the molecule is CCNC(=O)C(C)N(Cc1ccc(Br)cc1)C(=O)CCCN(c1ccccc1OCC)S(C)(=O)=O. The van der Waals surface area contributed by atoms with Gasteiger partial charge in [0.1, 0.15) is 11.8 Å². The van der Waals surface area contributed by atoms with Crippen molar-refractivity contribution in [1.29, 1.82) is 0 Å². The molecule has 0 aliphatic rings. The molecule has 0 aliphatic heterocycles. The van der Waals surface area contributed by atoms with Crippen LogP contribution in [0, 0.1) is 0 Å². The van der Waals surface area contributed by atoms with Crippen LogP contribution in [0.5, 0.6) is 5.75 Å². The minimum atomic E-state index is -3.61. The smallest absolute Gasteiger partial charge is 0.242 e. The number of hydrogen-bond acceptors (Lipinski definition) is 5. The van der Waals surface area contributed by atoms with Crippen molar-refractivity contribution in [2.45, 2.75) is 46.2 Å². The van der Waals surface area contributed by atoms with Crippen molar-refractivity contribution in [3.8, 4) is 5.75 Å². The molecule has 0 heterocycles. The van der Waals surface area contributed by atoms with E-state index in [4.69, 9.17) is 4.74 Å². The van der Waals surface area contributed by atoms with Crippen molar-refractivity contribution in [3.05, 3.63) is 58.6 Å². The molecule has 35 heavy (non-hydrogen) atoms. The van der Waals surface area contributed by atoms with Gasteiger partial charge in [-0.2, -0.15) is 0 Å². The van der Waals surface area contributed by atoms with Crippen molar-refractivity contribution >= 4 is 43.5 Å². The summed E-state index contributed by atoms with van der Waals surface area (Å²) in [6, 6.07) is 13.8. The summed E-state index contributed by atoms with van der Waals surface area (Å²) in [6.45, 7) is 6.59. The lowest BCUT2D eigenvalue weighted by Crippen LogP contribution is -2.47. The second-order valence-electron chi connectivity index (χ2n) is 8.06. The third-order valence-corrected chi connectivity index (χ3v) is 7.08. The lowest BCUT2D eigenvalue weighted by atomic mass is 10.1. The van der Waals surface area contributed by atoms with E-state index in [9.17, 15) is 18.0 Å². The molecule has 2 aromatic rings. The van der Waals surface area contributed by atoms with Crippen LogP contribution < -0.4 is 14.4 Å². The predicted molar refractivity (Wildman–Crippen MR) is 142 cm³/mol. The summed E-state index contributed by atoms with van der Waals surface area (Å²) >= 11 is 3.40. The highest BCUT2D eigenvalue weighted by atomic mass is 79.9. The lowest BCUT2D eigenvalue weighted by Gasteiger charge is -2.29. The van der Waals surface area contributed by atoms with Gasteiger partial charge in [0.05, 0.1) is 18.6 Å². The van der Waals surface area contributed by atoms with Crippen LogP contribution in [0.1, 0.15) is 39.2 Å². The number of ether oxygens (including phenoxy) is 1. The van der Waals surface area contributed by atoms with E-state index in [1.54, 1.807) is 31.2 Å². The van der Waals surface area contributed by atoms with Crippen LogP contribution in [0.2, 0.25) is 0 Å². The highest BCUT2D eigenvalue weighted by molar-refractivity contribution is 9.10. The zero-order valence-corrected chi connectivity index (χ0v) is 23.1. The molecule has 0 saturated heterocycles. The third kappa shape index (κ3) is 8.54. The molecule has 10 heteroatoms. The number of halogens is 1. The highest BCUT2D eigenvalue weighted by Gasteiger charge is 2.27. The molecule has 0 bridgehead atoms. The van der Waals surface area contributed by atoms with Gasteiger partial charge in [-0.25, -0.2) is 8.42 Å². The number of sulfonamides is 1. The Labute approximate surface area is 216 Å². The Morgan fingerprint density at radius 1 is 1.09 bits per heavy atom. The molecule has 2 rings (SSSR count). The van der Waals surface area contributed by atoms with Gasteiger partial charge in [-0.1, -0.05) is 40.2 Å². The van der Waals surface area contributed by atoms with Crippen molar-refractivity contribution < 1.29 is 22.7 Å². The molecule has 0 aromatic heterocycles. The normalized spacial score (nSPS) is 12.0. The van der Waals surface area contributed by atoms with E-state index in [-0.39, 0.29) is 37.7 Å². The number of anilines is 1. The summed E-state index contributed by atoms with van der Waals surface area (Å²) in [5.74, 6) is 0.00746. The Morgan fingerprint density at radius 3 is 2.34 bits per heavy atom. The van der Waals surface area contributed by atoms with Gasteiger partial charge >= 0.3 is 0 Å². The number of nitrogens with zero attached hydrogens (tertiary/aromatic N) is 2. The molecule has 0 saturated carbocycles. The zero-order chi connectivity index (χ0) is 26.0. The maximum absolute atomic E-state index is 13.2. The Hall–Kier alpha value is -2.59. The molecule has 8 nitrogen and oxygen atoms in total. The van der Waals surface area contributed by atoms with Crippen molar-refractivity contribution in [2.75, 3.05) is 30.3 Å². The molecule has 0 spiro atoms. The molecule has 1 unspecified atom stereocenters. The fraction of sp³-hybridized carbons (Fsp3) is 0.440.